The van der Waals surface area contributed by atoms with Crippen molar-refractivity contribution in [2.45, 2.75) is 37.8 Å². The van der Waals surface area contributed by atoms with Gasteiger partial charge in [-0.1, -0.05) is 30.3 Å². The Hall–Kier alpha value is -1.88. The van der Waals surface area contributed by atoms with Crippen LogP contribution < -0.4 is 0 Å². The molecule has 1 fully saturated rings. The average molecular weight is 291 g/mol. The molecule has 2 atom stereocenters. The van der Waals surface area contributed by atoms with Crippen LogP contribution in [0.3, 0.4) is 0 Å². The number of hydrogen-bond acceptors (Lipinski definition) is 3. The molecule has 0 radical (unpaired) electrons. The zero-order valence-electron chi connectivity index (χ0n) is 12.6. The Morgan fingerprint density at radius 2 is 1.90 bits per heavy atom. The summed E-state index contributed by atoms with van der Waals surface area (Å²) in [5.41, 5.74) is 0.109. The van der Waals surface area contributed by atoms with Crippen molar-refractivity contribution < 1.29 is 19.4 Å². The summed E-state index contributed by atoms with van der Waals surface area (Å²) < 4.78 is 5.23. The second-order valence-electron chi connectivity index (χ2n) is 5.90. The van der Waals surface area contributed by atoms with Gasteiger partial charge in [-0.3, -0.25) is 4.79 Å². The standard InChI is InChI=1S/C16H21NO4/c1-16(2,11-7-5-4-6-8-11)15(20)17-10-12(21-3)9-13(17)14(18)19/h4-8,12-13H,9-10H2,1-3H3,(H,18,19). The summed E-state index contributed by atoms with van der Waals surface area (Å²) in [4.78, 5) is 25.7. The van der Waals surface area contributed by atoms with Gasteiger partial charge in [-0.2, -0.15) is 0 Å². The van der Waals surface area contributed by atoms with E-state index in [9.17, 15) is 14.7 Å². The van der Waals surface area contributed by atoms with E-state index in [1.165, 1.54) is 4.90 Å². The predicted molar refractivity (Wildman–Crippen MR) is 78.0 cm³/mol. The second-order valence-corrected chi connectivity index (χ2v) is 5.90. The maximum Gasteiger partial charge on any atom is 0.326 e. The highest BCUT2D eigenvalue weighted by Crippen LogP contribution is 2.30. The fourth-order valence-electron chi connectivity index (χ4n) is 2.76. The molecule has 114 valence electrons. The Kier molecular flexibility index (Phi) is 4.32. The zero-order chi connectivity index (χ0) is 15.6. The number of rotatable bonds is 4. The molecule has 2 rings (SSSR count). The maximum absolute atomic E-state index is 12.9. The van der Waals surface area contributed by atoms with E-state index < -0.39 is 17.4 Å². The number of aliphatic carboxylic acids is 1. The molecule has 2 unspecified atom stereocenters. The summed E-state index contributed by atoms with van der Waals surface area (Å²) in [6, 6.07) is 8.60. The molecule has 1 aromatic rings. The van der Waals surface area contributed by atoms with Gasteiger partial charge in [0.15, 0.2) is 0 Å². The molecule has 0 bridgehead atoms. The molecule has 1 aliphatic heterocycles. The van der Waals surface area contributed by atoms with E-state index in [-0.39, 0.29) is 12.0 Å². The van der Waals surface area contributed by atoms with Crippen molar-refractivity contribution >= 4 is 11.9 Å². The number of carboxylic acids is 1. The van der Waals surface area contributed by atoms with Crippen LogP contribution in [0.2, 0.25) is 0 Å². The maximum atomic E-state index is 12.9. The van der Waals surface area contributed by atoms with Crippen molar-refractivity contribution in [1.82, 2.24) is 4.90 Å². The smallest absolute Gasteiger partial charge is 0.326 e. The van der Waals surface area contributed by atoms with Crippen LogP contribution in [0.15, 0.2) is 30.3 Å². The number of benzene rings is 1. The number of hydrogen-bond donors (Lipinski definition) is 1. The lowest BCUT2D eigenvalue weighted by molar-refractivity contribution is -0.150. The molecular weight excluding hydrogens is 270 g/mol. The van der Waals surface area contributed by atoms with Gasteiger partial charge in [0, 0.05) is 20.1 Å². The van der Waals surface area contributed by atoms with Crippen LogP contribution in [-0.2, 0) is 19.7 Å². The minimum absolute atomic E-state index is 0.180. The quantitative estimate of drug-likeness (QED) is 0.916. The summed E-state index contributed by atoms with van der Waals surface area (Å²) in [6.45, 7) is 3.97. The summed E-state index contributed by atoms with van der Waals surface area (Å²) in [5, 5.41) is 9.33. The molecular formula is C16H21NO4. The molecule has 1 saturated heterocycles. The lowest BCUT2D eigenvalue weighted by atomic mass is 9.83. The average Bonchev–Trinajstić information content (AvgIpc) is 2.91. The largest absolute Gasteiger partial charge is 0.480 e. The Morgan fingerprint density at radius 3 is 2.43 bits per heavy atom. The van der Waals surface area contributed by atoms with Crippen molar-refractivity contribution in [2.75, 3.05) is 13.7 Å². The van der Waals surface area contributed by atoms with E-state index in [0.717, 1.165) is 5.56 Å². The Balaban J connectivity index is 2.27. The number of amides is 1. The number of nitrogens with zero attached hydrogens (tertiary/aromatic N) is 1. The molecule has 0 aromatic heterocycles. The minimum Gasteiger partial charge on any atom is -0.480 e. The third-order valence-electron chi connectivity index (χ3n) is 4.17. The van der Waals surface area contributed by atoms with Crippen molar-refractivity contribution in [3.63, 3.8) is 0 Å². The van der Waals surface area contributed by atoms with Crippen LogP contribution in [0.25, 0.3) is 0 Å². The van der Waals surface area contributed by atoms with Crippen LogP contribution in [0.4, 0.5) is 0 Å². The summed E-state index contributed by atoms with van der Waals surface area (Å²) >= 11 is 0. The number of carbonyl (C=O) groups is 2. The molecule has 0 saturated carbocycles. The molecule has 1 aliphatic rings. The van der Waals surface area contributed by atoms with Gasteiger partial charge < -0.3 is 14.7 Å². The Morgan fingerprint density at radius 1 is 1.29 bits per heavy atom. The first kappa shape index (κ1) is 15.5. The van der Waals surface area contributed by atoms with Gasteiger partial charge in [-0.25, -0.2) is 4.79 Å². The molecule has 21 heavy (non-hydrogen) atoms. The topological polar surface area (TPSA) is 66.8 Å². The van der Waals surface area contributed by atoms with Gasteiger partial charge in [0.2, 0.25) is 5.91 Å². The number of carboxylic acid groups (broad SMARTS) is 1. The van der Waals surface area contributed by atoms with Crippen LogP contribution in [0.5, 0.6) is 0 Å². The van der Waals surface area contributed by atoms with E-state index in [2.05, 4.69) is 0 Å². The SMILES string of the molecule is COC1CC(C(=O)O)N(C(=O)C(C)(C)c2ccccc2)C1. The van der Waals surface area contributed by atoms with Gasteiger partial charge in [0.25, 0.3) is 0 Å². The fraction of sp³-hybridized carbons (Fsp3) is 0.500. The van der Waals surface area contributed by atoms with Gasteiger partial charge >= 0.3 is 5.97 Å². The van der Waals surface area contributed by atoms with Gasteiger partial charge in [0.05, 0.1) is 11.5 Å². The Bertz CT molecular complexity index is 526. The first-order valence-corrected chi connectivity index (χ1v) is 7.00. The summed E-state index contributed by atoms with van der Waals surface area (Å²) in [6.07, 6.45) is 0.115. The highest BCUT2D eigenvalue weighted by Gasteiger charge is 2.44. The molecule has 0 aliphatic carbocycles. The molecule has 1 aromatic carbocycles. The zero-order valence-corrected chi connectivity index (χ0v) is 12.6. The van der Waals surface area contributed by atoms with Crippen LogP contribution >= 0.6 is 0 Å². The van der Waals surface area contributed by atoms with E-state index in [1.54, 1.807) is 7.11 Å². The summed E-state index contributed by atoms with van der Waals surface area (Å²) in [7, 11) is 1.54. The van der Waals surface area contributed by atoms with Gasteiger partial charge in [-0.05, 0) is 19.4 Å². The number of methoxy groups -OCH3 is 1. The summed E-state index contributed by atoms with van der Waals surface area (Å²) in [5.74, 6) is -1.16. The Labute approximate surface area is 124 Å². The van der Waals surface area contributed by atoms with Crippen LogP contribution in [-0.4, -0.2) is 47.7 Å². The van der Waals surface area contributed by atoms with Crippen molar-refractivity contribution in [3.8, 4) is 0 Å². The normalized spacial score (nSPS) is 22.3. The second kappa shape index (κ2) is 5.85. The molecule has 1 heterocycles. The monoisotopic (exact) mass is 291 g/mol. The highest BCUT2D eigenvalue weighted by atomic mass is 16.5. The third-order valence-corrected chi connectivity index (χ3v) is 4.17. The predicted octanol–water partition coefficient (Wildman–Crippen LogP) is 1.66. The number of ether oxygens (including phenoxy) is 1. The fourth-order valence-corrected chi connectivity index (χ4v) is 2.76. The number of carbonyl (C=O) groups excluding carboxylic acids is 1. The molecule has 0 spiro atoms. The van der Waals surface area contributed by atoms with Gasteiger partial charge in [0.1, 0.15) is 6.04 Å². The third kappa shape index (κ3) is 2.93. The number of likely N-dealkylation sites (tertiary alicyclic amines) is 1. The van der Waals surface area contributed by atoms with E-state index >= 15 is 0 Å². The highest BCUT2D eigenvalue weighted by molar-refractivity contribution is 5.91. The molecule has 1 amide bonds. The lowest BCUT2D eigenvalue weighted by Gasteiger charge is -2.32. The molecule has 1 N–H and O–H groups in total. The van der Waals surface area contributed by atoms with E-state index in [1.807, 2.05) is 44.2 Å². The lowest BCUT2D eigenvalue weighted by Crippen LogP contribution is -2.48. The van der Waals surface area contributed by atoms with Crippen molar-refractivity contribution in [2.24, 2.45) is 0 Å². The van der Waals surface area contributed by atoms with Gasteiger partial charge in [-0.15, -0.1) is 0 Å². The van der Waals surface area contributed by atoms with Crippen LogP contribution in [0, 0.1) is 0 Å². The first-order chi connectivity index (χ1) is 9.87. The first-order valence-electron chi connectivity index (χ1n) is 7.00. The van der Waals surface area contributed by atoms with Crippen molar-refractivity contribution in [3.05, 3.63) is 35.9 Å². The van der Waals surface area contributed by atoms with E-state index in [4.69, 9.17) is 4.74 Å². The molecule has 5 heteroatoms. The van der Waals surface area contributed by atoms with Crippen LogP contribution in [0.1, 0.15) is 25.8 Å². The molecule has 5 nitrogen and oxygen atoms in total. The minimum atomic E-state index is -0.980. The van der Waals surface area contributed by atoms with E-state index in [0.29, 0.717) is 13.0 Å². The van der Waals surface area contributed by atoms with Crippen molar-refractivity contribution in [1.29, 1.82) is 0 Å².